The number of carbonyl (C=O) groups is 1. The number of carbonyl (C=O) groups excluding carboxylic acids is 1. The molecule has 1 aliphatic rings. The molecule has 1 amide bonds. The Bertz CT molecular complexity index is 1120. The number of amides is 1. The van der Waals surface area contributed by atoms with Crippen molar-refractivity contribution in [2.24, 2.45) is 0 Å². The first-order valence-electron chi connectivity index (χ1n) is 9.81. The number of nitrogens with one attached hydrogen (secondary N) is 2. The smallest absolute Gasteiger partial charge is 0.248 e. The molecule has 3 aromatic rings. The third kappa shape index (κ3) is 4.75. The number of anilines is 2. The Labute approximate surface area is 185 Å². The summed E-state index contributed by atoms with van der Waals surface area (Å²) in [7, 11) is 0. The number of fused-ring (bicyclic) bond motifs is 1. The van der Waals surface area contributed by atoms with E-state index < -0.39 is 0 Å². The fourth-order valence-corrected chi connectivity index (χ4v) is 3.97. The van der Waals surface area contributed by atoms with Crippen molar-refractivity contribution >= 4 is 57.6 Å². The van der Waals surface area contributed by atoms with Gasteiger partial charge in [-0.2, -0.15) is 0 Å². The minimum absolute atomic E-state index is 0.233. The van der Waals surface area contributed by atoms with Crippen LogP contribution in [0, 0.1) is 6.92 Å². The number of rotatable bonds is 4. The second-order valence-corrected chi connectivity index (χ2v) is 8.10. The van der Waals surface area contributed by atoms with E-state index in [0.29, 0.717) is 10.0 Å². The zero-order valence-corrected chi connectivity index (χ0v) is 18.1. The van der Waals surface area contributed by atoms with Crippen molar-refractivity contribution in [3.05, 3.63) is 69.7 Å². The summed E-state index contributed by atoms with van der Waals surface area (Å²) in [6.45, 7) is 5.92. The van der Waals surface area contributed by atoms with Crippen LogP contribution in [0.4, 0.5) is 11.5 Å². The molecule has 4 rings (SSSR count). The molecule has 7 heteroatoms. The van der Waals surface area contributed by atoms with Crippen molar-refractivity contribution in [3.8, 4) is 0 Å². The van der Waals surface area contributed by atoms with Crippen LogP contribution < -0.4 is 15.5 Å². The van der Waals surface area contributed by atoms with Gasteiger partial charge in [0.05, 0.1) is 5.52 Å². The SMILES string of the molecule is Cc1cc(N2CCNCC2)nc2ccc(NC(=O)/C=C/c3ccc(Cl)cc3Cl)cc12. The first kappa shape index (κ1) is 20.7. The summed E-state index contributed by atoms with van der Waals surface area (Å²) >= 11 is 12.0. The Morgan fingerprint density at radius 2 is 1.93 bits per heavy atom. The summed E-state index contributed by atoms with van der Waals surface area (Å²) in [4.78, 5) is 19.5. The highest BCUT2D eigenvalue weighted by Gasteiger charge is 2.13. The first-order chi connectivity index (χ1) is 14.5. The number of aromatic nitrogens is 1. The number of halogens is 2. The lowest BCUT2D eigenvalue weighted by Gasteiger charge is -2.29. The van der Waals surface area contributed by atoms with Crippen LogP contribution in [0.5, 0.6) is 0 Å². The summed E-state index contributed by atoms with van der Waals surface area (Å²) < 4.78 is 0. The van der Waals surface area contributed by atoms with Crippen LogP contribution in [0.15, 0.2) is 48.5 Å². The van der Waals surface area contributed by atoms with Crippen LogP contribution >= 0.6 is 23.2 Å². The summed E-state index contributed by atoms with van der Waals surface area (Å²) in [5.41, 5.74) is 3.51. The monoisotopic (exact) mass is 440 g/mol. The number of pyridine rings is 1. The normalized spacial score (nSPS) is 14.4. The Morgan fingerprint density at radius 3 is 2.70 bits per heavy atom. The molecule has 2 heterocycles. The third-order valence-corrected chi connectivity index (χ3v) is 5.65. The zero-order valence-electron chi connectivity index (χ0n) is 16.6. The number of hydrogen-bond acceptors (Lipinski definition) is 4. The van der Waals surface area contributed by atoms with Gasteiger partial charge in [0.1, 0.15) is 5.82 Å². The molecule has 1 fully saturated rings. The molecule has 0 radical (unpaired) electrons. The molecule has 5 nitrogen and oxygen atoms in total. The van der Waals surface area contributed by atoms with E-state index in [2.05, 4.69) is 28.5 Å². The Hall–Kier alpha value is -2.60. The molecule has 2 N–H and O–H groups in total. The summed E-state index contributed by atoms with van der Waals surface area (Å²) in [5.74, 6) is 0.768. The Kier molecular flexibility index (Phi) is 6.23. The van der Waals surface area contributed by atoms with Crippen molar-refractivity contribution < 1.29 is 4.79 Å². The predicted molar refractivity (Wildman–Crippen MR) is 126 cm³/mol. The van der Waals surface area contributed by atoms with Gasteiger partial charge in [0.15, 0.2) is 0 Å². The molecule has 0 spiro atoms. The van der Waals surface area contributed by atoms with Gasteiger partial charge in [-0.05, 0) is 60.5 Å². The molecule has 1 aromatic heterocycles. The van der Waals surface area contributed by atoms with Crippen molar-refractivity contribution in [1.82, 2.24) is 10.3 Å². The number of hydrogen-bond donors (Lipinski definition) is 2. The molecule has 0 unspecified atom stereocenters. The molecule has 2 aromatic carbocycles. The van der Waals surface area contributed by atoms with Crippen molar-refractivity contribution in [1.29, 1.82) is 0 Å². The molecule has 0 saturated carbocycles. The molecule has 154 valence electrons. The summed E-state index contributed by atoms with van der Waals surface area (Å²) in [6, 6.07) is 13.0. The fraction of sp³-hybridized carbons (Fsp3) is 0.217. The molecule has 30 heavy (non-hydrogen) atoms. The van der Waals surface area contributed by atoms with Crippen molar-refractivity contribution in [2.75, 3.05) is 36.4 Å². The summed E-state index contributed by atoms with van der Waals surface area (Å²) in [5, 5.41) is 8.34. The molecule has 1 aliphatic heterocycles. The van der Waals surface area contributed by atoms with Gasteiger partial charge < -0.3 is 15.5 Å². The van der Waals surface area contributed by atoms with Gasteiger partial charge in [-0.25, -0.2) is 4.98 Å². The number of nitrogens with zero attached hydrogens (tertiary/aromatic N) is 2. The Balaban J connectivity index is 1.51. The van der Waals surface area contributed by atoms with E-state index in [4.69, 9.17) is 28.2 Å². The fourth-order valence-electron chi connectivity index (χ4n) is 3.50. The topological polar surface area (TPSA) is 57.3 Å². The maximum atomic E-state index is 12.4. The van der Waals surface area contributed by atoms with E-state index in [1.165, 1.54) is 6.08 Å². The molecule has 0 atom stereocenters. The highest BCUT2D eigenvalue weighted by atomic mass is 35.5. The van der Waals surface area contributed by atoms with E-state index in [1.807, 2.05) is 18.2 Å². The average Bonchev–Trinajstić information content (AvgIpc) is 2.74. The third-order valence-electron chi connectivity index (χ3n) is 5.09. The molecule has 0 aliphatic carbocycles. The quantitative estimate of drug-likeness (QED) is 0.565. The standard InChI is InChI=1S/C23H22Cl2N4O/c1-15-12-22(29-10-8-26-9-11-29)28-21-6-5-18(14-19(15)21)27-23(30)7-3-16-2-4-17(24)13-20(16)25/h2-7,12-14,26H,8-11H2,1H3,(H,27,30)/b7-3+. The van der Waals surface area contributed by atoms with E-state index >= 15 is 0 Å². The van der Waals surface area contributed by atoms with Gasteiger partial charge in [-0.15, -0.1) is 0 Å². The van der Waals surface area contributed by atoms with Crippen LogP contribution in [0.2, 0.25) is 10.0 Å². The predicted octanol–water partition coefficient (Wildman–Crippen LogP) is 4.91. The maximum absolute atomic E-state index is 12.4. The lowest BCUT2D eigenvalue weighted by Crippen LogP contribution is -2.43. The lowest BCUT2D eigenvalue weighted by molar-refractivity contribution is -0.111. The van der Waals surface area contributed by atoms with E-state index in [0.717, 1.165) is 59.7 Å². The van der Waals surface area contributed by atoms with Crippen LogP contribution in [0.1, 0.15) is 11.1 Å². The highest BCUT2D eigenvalue weighted by molar-refractivity contribution is 6.35. The zero-order chi connectivity index (χ0) is 21.1. The molecular formula is C23H22Cl2N4O. The van der Waals surface area contributed by atoms with Crippen LogP contribution in [-0.4, -0.2) is 37.1 Å². The van der Waals surface area contributed by atoms with Crippen molar-refractivity contribution in [3.63, 3.8) is 0 Å². The average molecular weight is 441 g/mol. The van der Waals surface area contributed by atoms with E-state index in [-0.39, 0.29) is 5.91 Å². The molecule has 1 saturated heterocycles. The minimum atomic E-state index is -0.233. The van der Waals surface area contributed by atoms with Gasteiger partial charge in [0, 0.05) is 53.4 Å². The van der Waals surface area contributed by atoms with Crippen LogP contribution in [0.25, 0.3) is 17.0 Å². The Morgan fingerprint density at radius 1 is 1.13 bits per heavy atom. The number of piperazine rings is 1. The van der Waals surface area contributed by atoms with Gasteiger partial charge in [0.25, 0.3) is 0 Å². The second kappa shape index (κ2) is 9.04. The molecular weight excluding hydrogens is 419 g/mol. The summed E-state index contributed by atoms with van der Waals surface area (Å²) in [6.07, 6.45) is 3.12. The van der Waals surface area contributed by atoms with Crippen LogP contribution in [0.3, 0.4) is 0 Å². The van der Waals surface area contributed by atoms with Crippen LogP contribution in [-0.2, 0) is 4.79 Å². The second-order valence-electron chi connectivity index (χ2n) is 7.25. The van der Waals surface area contributed by atoms with E-state index in [9.17, 15) is 4.79 Å². The van der Waals surface area contributed by atoms with Gasteiger partial charge in [-0.1, -0.05) is 29.3 Å². The number of benzene rings is 2. The first-order valence-corrected chi connectivity index (χ1v) is 10.6. The van der Waals surface area contributed by atoms with Crippen molar-refractivity contribution in [2.45, 2.75) is 6.92 Å². The number of aryl methyl sites for hydroxylation is 1. The molecule has 0 bridgehead atoms. The largest absolute Gasteiger partial charge is 0.354 e. The highest BCUT2D eigenvalue weighted by Crippen LogP contribution is 2.26. The lowest BCUT2D eigenvalue weighted by atomic mass is 10.1. The van der Waals surface area contributed by atoms with Gasteiger partial charge in [-0.3, -0.25) is 4.79 Å². The van der Waals surface area contributed by atoms with Gasteiger partial charge >= 0.3 is 0 Å². The van der Waals surface area contributed by atoms with Gasteiger partial charge in [0.2, 0.25) is 5.91 Å². The minimum Gasteiger partial charge on any atom is -0.354 e. The maximum Gasteiger partial charge on any atom is 0.248 e. The van der Waals surface area contributed by atoms with E-state index in [1.54, 1.807) is 24.3 Å².